The third-order valence-corrected chi connectivity index (χ3v) is 2.20. The first kappa shape index (κ1) is 10.9. The molecular weight excluding hydrogens is 219 g/mol. The molecule has 85 valence electrons. The number of halogens is 3. The van der Waals surface area contributed by atoms with Crippen molar-refractivity contribution in [3.05, 3.63) is 24.2 Å². The van der Waals surface area contributed by atoms with E-state index < -0.39 is 11.7 Å². The maximum absolute atomic E-state index is 12.4. The van der Waals surface area contributed by atoms with Crippen molar-refractivity contribution in [3.63, 3.8) is 0 Å². The molecule has 0 saturated carbocycles. The minimum absolute atomic E-state index is 0.0641. The number of aromatic nitrogens is 3. The van der Waals surface area contributed by atoms with Crippen LogP contribution in [0.4, 0.5) is 13.2 Å². The van der Waals surface area contributed by atoms with E-state index in [1.165, 1.54) is 0 Å². The normalized spacial score (nSPS) is 12.6. The van der Waals surface area contributed by atoms with Crippen molar-refractivity contribution >= 4 is 11.2 Å². The molecule has 0 aromatic carbocycles. The summed E-state index contributed by atoms with van der Waals surface area (Å²) in [6.45, 7) is 3.77. The molecule has 0 bridgehead atoms. The fourth-order valence-corrected chi connectivity index (χ4v) is 1.38. The number of hydrogen-bond donors (Lipinski definition) is 0. The van der Waals surface area contributed by atoms with E-state index in [0.29, 0.717) is 5.65 Å². The highest BCUT2D eigenvalue weighted by Crippen LogP contribution is 2.30. The molecule has 0 fully saturated rings. The van der Waals surface area contributed by atoms with Crippen LogP contribution in [0.25, 0.3) is 11.2 Å². The summed E-state index contributed by atoms with van der Waals surface area (Å²) < 4.78 is 38.8. The van der Waals surface area contributed by atoms with Crippen LogP contribution in [-0.2, 0) is 6.18 Å². The third kappa shape index (κ3) is 1.75. The number of alkyl halides is 3. The molecule has 0 N–H and O–H groups in total. The lowest BCUT2D eigenvalue weighted by Gasteiger charge is -2.08. The van der Waals surface area contributed by atoms with Crippen LogP contribution in [0.2, 0.25) is 0 Å². The predicted octanol–water partition coefficient (Wildman–Crippen LogP) is 2.83. The number of rotatable bonds is 1. The van der Waals surface area contributed by atoms with Crippen LogP contribution in [-0.4, -0.2) is 14.5 Å². The standard InChI is InChI=1S/C10H9F3N3/c1-6(2)16-5-15-8-3-7(10(11,12)13)4-14-9(8)16/h3-4,6H,1-2H3. The lowest BCUT2D eigenvalue weighted by Crippen LogP contribution is -2.06. The summed E-state index contributed by atoms with van der Waals surface area (Å²) in [6, 6.07) is 1.05. The highest BCUT2D eigenvalue weighted by atomic mass is 19.4. The molecule has 0 saturated heterocycles. The van der Waals surface area contributed by atoms with E-state index in [-0.39, 0.29) is 11.6 Å². The van der Waals surface area contributed by atoms with Gasteiger partial charge in [-0.2, -0.15) is 13.2 Å². The van der Waals surface area contributed by atoms with E-state index in [0.717, 1.165) is 12.3 Å². The van der Waals surface area contributed by atoms with E-state index in [1.807, 2.05) is 13.8 Å². The first-order valence-electron chi connectivity index (χ1n) is 4.72. The molecule has 16 heavy (non-hydrogen) atoms. The third-order valence-electron chi connectivity index (χ3n) is 2.20. The van der Waals surface area contributed by atoms with Gasteiger partial charge >= 0.3 is 6.18 Å². The van der Waals surface area contributed by atoms with Crippen molar-refractivity contribution in [2.75, 3.05) is 0 Å². The van der Waals surface area contributed by atoms with Gasteiger partial charge in [-0.25, -0.2) is 9.97 Å². The van der Waals surface area contributed by atoms with Crippen molar-refractivity contribution in [2.45, 2.75) is 26.1 Å². The zero-order chi connectivity index (χ0) is 11.9. The monoisotopic (exact) mass is 228 g/mol. The van der Waals surface area contributed by atoms with Crippen molar-refractivity contribution in [1.82, 2.24) is 14.5 Å². The molecule has 6 heteroatoms. The Balaban J connectivity index is 2.58. The van der Waals surface area contributed by atoms with Gasteiger partial charge in [0.2, 0.25) is 0 Å². The highest BCUT2D eigenvalue weighted by Gasteiger charge is 2.31. The molecule has 1 radical (unpaired) electrons. The summed E-state index contributed by atoms with van der Waals surface area (Å²) in [5.41, 5.74) is -0.158. The minimum Gasteiger partial charge on any atom is -0.304 e. The van der Waals surface area contributed by atoms with Crippen molar-refractivity contribution in [1.29, 1.82) is 0 Å². The second kappa shape index (κ2) is 3.47. The van der Waals surface area contributed by atoms with Crippen molar-refractivity contribution < 1.29 is 13.2 Å². The molecule has 0 aliphatic rings. The second-order valence-electron chi connectivity index (χ2n) is 3.74. The van der Waals surface area contributed by atoms with Gasteiger partial charge in [0, 0.05) is 12.2 Å². The Kier molecular flexibility index (Phi) is 2.36. The van der Waals surface area contributed by atoms with E-state index in [2.05, 4.69) is 16.3 Å². The Bertz CT molecular complexity index is 513. The van der Waals surface area contributed by atoms with Gasteiger partial charge < -0.3 is 4.57 Å². The Morgan fingerprint density at radius 1 is 1.38 bits per heavy atom. The molecule has 0 spiro atoms. The lowest BCUT2D eigenvalue weighted by atomic mass is 10.2. The zero-order valence-corrected chi connectivity index (χ0v) is 8.71. The number of fused-ring (bicyclic) bond motifs is 1. The average molecular weight is 228 g/mol. The molecule has 0 aliphatic heterocycles. The summed E-state index contributed by atoms with van der Waals surface area (Å²) in [4.78, 5) is 7.57. The number of pyridine rings is 1. The molecule has 2 aromatic heterocycles. The molecule has 0 amide bonds. The van der Waals surface area contributed by atoms with Gasteiger partial charge in [-0.05, 0) is 19.9 Å². The molecule has 2 aromatic rings. The van der Waals surface area contributed by atoms with Gasteiger partial charge in [-0.3, -0.25) is 0 Å². The summed E-state index contributed by atoms with van der Waals surface area (Å²) in [5.74, 6) is 0. The number of imidazole rings is 1. The summed E-state index contributed by atoms with van der Waals surface area (Å²) in [5, 5.41) is 0. The van der Waals surface area contributed by atoms with Gasteiger partial charge in [-0.15, -0.1) is 0 Å². The SMILES string of the molecule is CC(C)n1[c]nc2cc(C(F)(F)F)cnc21. The minimum atomic E-state index is -4.39. The van der Waals surface area contributed by atoms with Crippen molar-refractivity contribution in [3.8, 4) is 0 Å². The van der Waals surface area contributed by atoms with Crippen LogP contribution >= 0.6 is 0 Å². The topological polar surface area (TPSA) is 30.7 Å². The fourth-order valence-electron chi connectivity index (χ4n) is 1.38. The molecule has 0 atom stereocenters. The summed E-state index contributed by atoms with van der Waals surface area (Å²) in [6.07, 6.45) is -0.941. The Morgan fingerprint density at radius 2 is 2.06 bits per heavy atom. The zero-order valence-electron chi connectivity index (χ0n) is 8.71. The fraction of sp³-hybridized carbons (Fsp3) is 0.400. The number of hydrogen-bond acceptors (Lipinski definition) is 2. The maximum Gasteiger partial charge on any atom is 0.417 e. The van der Waals surface area contributed by atoms with Crippen molar-refractivity contribution in [2.24, 2.45) is 0 Å². The molecular formula is C10H9F3N3. The van der Waals surface area contributed by atoms with Crippen LogP contribution in [0, 0.1) is 6.33 Å². The van der Waals surface area contributed by atoms with Crippen LogP contribution < -0.4 is 0 Å². The Labute approximate surface area is 89.9 Å². The van der Waals surface area contributed by atoms with Crippen LogP contribution in [0.15, 0.2) is 12.3 Å². The van der Waals surface area contributed by atoms with Crippen LogP contribution in [0.5, 0.6) is 0 Å². The van der Waals surface area contributed by atoms with Gasteiger partial charge in [0.1, 0.15) is 5.52 Å². The van der Waals surface area contributed by atoms with Gasteiger partial charge in [0.15, 0.2) is 12.0 Å². The quantitative estimate of drug-likeness (QED) is 0.751. The Morgan fingerprint density at radius 3 is 2.62 bits per heavy atom. The van der Waals surface area contributed by atoms with Crippen LogP contribution in [0.3, 0.4) is 0 Å². The Hall–Kier alpha value is -1.59. The van der Waals surface area contributed by atoms with E-state index in [9.17, 15) is 13.2 Å². The van der Waals surface area contributed by atoms with Gasteiger partial charge in [0.25, 0.3) is 0 Å². The maximum atomic E-state index is 12.4. The smallest absolute Gasteiger partial charge is 0.304 e. The van der Waals surface area contributed by atoms with E-state index in [4.69, 9.17) is 0 Å². The highest BCUT2D eigenvalue weighted by molar-refractivity contribution is 5.71. The molecule has 0 unspecified atom stereocenters. The molecule has 3 nitrogen and oxygen atoms in total. The summed E-state index contributed by atoms with van der Waals surface area (Å²) >= 11 is 0. The van der Waals surface area contributed by atoms with Crippen LogP contribution in [0.1, 0.15) is 25.5 Å². The van der Waals surface area contributed by atoms with E-state index in [1.54, 1.807) is 4.57 Å². The first-order valence-corrected chi connectivity index (χ1v) is 4.72. The van der Waals surface area contributed by atoms with Gasteiger partial charge in [-0.1, -0.05) is 0 Å². The molecule has 2 heterocycles. The largest absolute Gasteiger partial charge is 0.417 e. The summed E-state index contributed by atoms with van der Waals surface area (Å²) in [7, 11) is 0. The first-order chi connectivity index (χ1) is 7.39. The predicted molar refractivity (Wildman–Crippen MR) is 51.8 cm³/mol. The average Bonchev–Trinajstić information content (AvgIpc) is 2.58. The molecule has 0 aliphatic carbocycles. The van der Waals surface area contributed by atoms with Gasteiger partial charge in [0.05, 0.1) is 5.56 Å². The molecule has 2 rings (SSSR count). The number of nitrogens with zero attached hydrogens (tertiary/aromatic N) is 3. The lowest BCUT2D eigenvalue weighted by molar-refractivity contribution is -0.137. The van der Waals surface area contributed by atoms with E-state index >= 15 is 0 Å². The second-order valence-corrected chi connectivity index (χ2v) is 3.74.